The van der Waals surface area contributed by atoms with E-state index in [0.29, 0.717) is 0 Å². The summed E-state index contributed by atoms with van der Waals surface area (Å²) in [6.07, 6.45) is 0.955. The van der Waals surface area contributed by atoms with Crippen LogP contribution in [0.4, 0.5) is 5.13 Å². The van der Waals surface area contributed by atoms with Crippen LogP contribution in [0.2, 0.25) is 0 Å². The fourth-order valence-corrected chi connectivity index (χ4v) is 4.64. The van der Waals surface area contributed by atoms with E-state index in [-0.39, 0.29) is 5.41 Å². The predicted octanol–water partition coefficient (Wildman–Crippen LogP) is 7.50. The maximum absolute atomic E-state index is 6.31. The zero-order valence-electron chi connectivity index (χ0n) is 19.3. The average Bonchev–Trinajstić information content (AvgIpc) is 3.24. The molecule has 0 radical (unpaired) electrons. The Balaban J connectivity index is 1.61. The van der Waals surface area contributed by atoms with Gasteiger partial charge in [-0.2, -0.15) is 5.10 Å². The number of nitrogens with one attached hydrogen (secondary N) is 1. The van der Waals surface area contributed by atoms with Gasteiger partial charge in [-0.05, 0) is 47.2 Å². The standard InChI is InChI=1S/C28H27N3OS/c1-5-18-10-15-24-21(16-18)23(30-31-27-29-22-8-6-7-9-26(22)33-27)17-25(32-24)19-11-13-20(14-12-19)28(2,3)4/h6-17H,5H2,1-4H3,(H,29,31)/b30-23+. The fourth-order valence-electron chi connectivity index (χ4n) is 3.83. The lowest BCUT2D eigenvalue weighted by molar-refractivity contribution is 0.589. The molecule has 0 aliphatic heterocycles. The molecule has 2 aromatic heterocycles. The van der Waals surface area contributed by atoms with E-state index in [1.165, 1.54) is 11.1 Å². The first-order valence-electron chi connectivity index (χ1n) is 11.2. The van der Waals surface area contributed by atoms with Crippen molar-refractivity contribution in [2.24, 2.45) is 5.10 Å². The maximum atomic E-state index is 6.31. The van der Waals surface area contributed by atoms with E-state index in [1.807, 2.05) is 30.3 Å². The van der Waals surface area contributed by atoms with Crippen LogP contribution >= 0.6 is 11.3 Å². The van der Waals surface area contributed by atoms with Crippen LogP contribution in [0.5, 0.6) is 0 Å². The summed E-state index contributed by atoms with van der Waals surface area (Å²) in [5, 5.41) is 7.35. The molecule has 1 N–H and O–H groups in total. The molecular formula is C28H27N3OS. The molecule has 0 atom stereocenters. The van der Waals surface area contributed by atoms with Crippen LogP contribution in [-0.4, -0.2) is 4.98 Å². The number of hydrogen-bond acceptors (Lipinski definition) is 5. The van der Waals surface area contributed by atoms with E-state index in [0.717, 1.165) is 49.4 Å². The van der Waals surface area contributed by atoms with Gasteiger partial charge in [-0.1, -0.05) is 81.5 Å². The Labute approximate surface area is 197 Å². The van der Waals surface area contributed by atoms with Crippen molar-refractivity contribution in [2.75, 3.05) is 5.43 Å². The zero-order chi connectivity index (χ0) is 23.0. The summed E-state index contributed by atoms with van der Waals surface area (Å²) >= 11 is 1.59. The van der Waals surface area contributed by atoms with E-state index in [1.54, 1.807) is 11.3 Å². The zero-order valence-corrected chi connectivity index (χ0v) is 20.2. The summed E-state index contributed by atoms with van der Waals surface area (Å²) in [5.41, 5.74) is 8.64. The molecule has 0 saturated heterocycles. The SMILES string of the molecule is CCc1ccc2oc(-c3ccc(C(C)(C)C)cc3)c/c(=N\Nc3nc4ccccc4s3)c2c1. The first kappa shape index (κ1) is 21.4. The van der Waals surface area contributed by atoms with Gasteiger partial charge in [0, 0.05) is 17.0 Å². The minimum atomic E-state index is 0.108. The first-order valence-corrected chi connectivity index (χ1v) is 12.1. The largest absolute Gasteiger partial charge is 0.456 e. The minimum absolute atomic E-state index is 0.108. The molecule has 0 bridgehead atoms. The van der Waals surface area contributed by atoms with Crippen LogP contribution < -0.4 is 10.8 Å². The summed E-state index contributed by atoms with van der Waals surface area (Å²) in [7, 11) is 0. The van der Waals surface area contributed by atoms with Gasteiger partial charge >= 0.3 is 0 Å². The molecule has 0 saturated carbocycles. The van der Waals surface area contributed by atoms with Gasteiger partial charge in [0.2, 0.25) is 5.13 Å². The predicted molar refractivity (Wildman–Crippen MR) is 139 cm³/mol. The molecule has 0 spiro atoms. The van der Waals surface area contributed by atoms with E-state index in [2.05, 4.69) is 80.6 Å². The minimum Gasteiger partial charge on any atom is -0.456 e. The Morgan fingerprint density at radius 1 is 0.970 bits per heavy atom. The number of aromatic nitrogens is 1. The molecule has 166 valence electrons. The van der Waals surface area contributed by atoms with Crippen LogP contribution in [0.15, 0.2) is 82.3 Å². The molecule has 2 heterocycles. The Bertz CT molecular complexity index is 1470. The Kier molecular flexibility index (Phi) is 5.51. The van der Waals surface area contributed by atoms with Crippen LogP contribution in [0.3, 0.4) is 0 Å². The highest BCUT2D eigenvalue weighted by Gasteiger charge is 2.14. The van der Waals surface area contributed by atoms with Gasteiger partial charge in [0.25, 0.3) is 0 Å². The number of nitrogens with zero attached hydrogens (tertiary/aromatic N) is 2. The molecule has 0 fully saturated rings. The quantitative estimate of drug-likeness (QED) is 0.287. The third-order valence-electron chi connectivity index (χ3n) is 5.82. The van der Waals surface area contributed by atoms with Gasteiger partial charge in [0.05, 0.1) is 15.6 Å². The fraction of sp³-hybridized carbons (Fsp3) is 0.214. The highest BCUT2D eigenvalue weighted by atomic mass is 32.1. The molecule has 0 aliphatic rings. The number of fused-ring (bicyclic) bond motifs is 2. The Morgan fingerprint density at radius 2 is 1.76 bits per heavy atom. The second-order valence-electron chi connectivity index (χ2n) is 9.22. The lowest BCUT2D eigenvalue weighted by atomic mass is 9.86. The summed E-state index contributed by atoms with van der Waals surface area (Å²) in [6.45, 7) is 8.81. The molecule has 4 nitrogen and oxygen atoms in total. The van der Waals surface area contributed by atoms with E-state index in [4.69, 9.17) is 9.52 Å². The smallest absolute Gasteiger partial charge is 0.204 e. The lowest BCUT2D eigenvalue weighted by Gasteiger charge is -2.19. The first-order chi connectivity index (χ1) is 15.9. The molecule has 5 aromatic rings. The summed E-state index contributed by atoms with van der Waals surface area (Å²) in [5.74, 6) is 0.789. The highest BCUT2D eigenvalue weighted by Crippen LogP contribution is 2.28. The number of anilines is 1. The second-order valence-corrected chi connectivity index (χ2v) is 10.2. The topological polar surface area (TPSA) is 50.4 Å². The summed E-state index contributed by atoms with van der Waals surface area (Å²) < 4.78 is 7.45. The van der Waals surface area contributed by atoms with Gasteiger partial charge in [-0.15, -0.1) is 0 Å². The van der Waals surface area contributed by atoms with E-state index in [9.17, 15) is 0 Å². The van der Waals surface area contributed by atoms with Crippen molar-refractivity contribution < 1.29 is 4.42 Å². The molecule has 33 heavy (non-hydrogen) atoms. The number of aryl methyl sites for hydroxylation is 1. The Morgan fingerprint density at radius 3 is 2.48 bits per heavy atom. The molecule has 0 unspecified atom stereocenters. The second kappa shape index (κ2) is 8.49. The van der Waals surface area contributed by atoms with E-state index < -0.39 is 0 Å². The summed E-state index contributed by atoms with van der Waals surface area (Å²) in [6, 6.07) is 25.0. The van der Waals surface area contributed by atoms with E-state index >= 15 is 0 Å². The number of benzene rings is 3. The molecule has 3 aromatic carbocycles. The molecule has 0 aliphatic carbocycles. The number of thiazole rings is 1. The highest BCUT2D eigenvalue weighted by molar-refractivity contribution is 7.22. The number of hydrogen-bond donors (Lipinski definition) is 1. The van der Waals surface area contributed by atoms with Crippen molar-refractivity contribution in [3.63, 3.8) is 0 Å². The van der Waals surface area contributed by atoms with Crippen molar-refractivity contribution in [2.45, 2.75) is 39.5 Å². The normalized spacial score (nSPS) is 12.5. The Hall–Kier alpha value is -3.44. The van der Waals surface area contributed by atoms with Crippen molar-refractivity contribution in [1.82, 2.24) is 4.98 Å². The maximum Gasteiger partial charge on any atom is 0.204 e. The summed E-state index contributed by atoms with van der Waals surface area (Å²) in [4.78, 5) is 4.65. The van der Waals surface area contributed by atoms with Crippen molar-refractivity contribution in [3.8, 4) is 11.3 Å². The molecule has 5 rings (SSSR count). The monoisotopic (exact) mass is 453 g/mol. The average molecular weight is 454 g/mol. The third kappa shape index (κ3) is 4.41. The van der Waals surface area contributed by atoms with Crippen molar-refractivity contribution in [1.29, 1.82) is 0 Å². The van der Waals surface area contributed by atoms with Crippen LogP contribution in [0.25, 0.3) is 32.5 Å². The molecule has 5 heteroatoms. The molecular weight excluding hydrogens is 426 g/mol. The van der Waals surface area contributed by atoms with Crippen LogP contribution in [0, 0.1) is 0 Å². The van der Waals surface area contributed by atoms with Gasteiger partial charge < -0.3 is 4.42 Å². The van der Waals surface area contributed by atoms with Gasteiger partial charge in [-0.25, -0.2) is 4.98 Å². The van der Waals surface area contributed by atoms with Gasteiger partial charge in [0.1, 0.15) is 11.3 Å². The van der Waals surface area contributed by atoms with Gasteiger partial charge in [0.15, 0.2) is 0 Å². The third-order valence-corrected chi connectivity index (χ3v) is 6.76. The molecule has 0 amide bonds. The van der Waals surface area contributed by atoms with Crippen molar-refractivity contribution >= 4 is 37.7 Å². The number of para-hydroxylation sites is 1. The van der Waals surface area contributed by atoms with Crippen LogP contribution in [0.1, 0.15) is 38.8 Å². The van der Waals surface area contributed by atoms with Gasteiger partial charge in [-0.3, -0.25) is 5.43 Å². The lowest BCUT2D eigenvalue weighted by Crippen LogP contribution is -2.10. The van der Waals surface area contributed by atoms with Crippen molar-refractivity contribution in [3.05, 3.63) is 89.3 Å². The number of rotatable bonds is 4. The van der Waals surface area contributed by atoms with Crippen LogP contribution in [-0.2, 0) is 11.8 Å².